The van der Waals surface area contributed by atoms with Crippen molar-refractivity contribution in [2.75, 3.05) is 7.11 Å². The highest BCUT2D eigenvalue weighted by Gasteiger charge is 2.43. The standard InChI is InChI=1S/C27H25NO4/c1-19(25(29)31-2)24-18-23(26(30)32-24)28-27(20-12-6-3-7-13-20,21-14-8-4-9-15-21)22-16-10-5-11-17-22/h3-17,23,28H,18H2,1-2H3/b24-19+. The smallest absolute Gasteiger partial charge is 0.336 e. The van der Waals surface area contributed by atoms with Gasteiger partial charge in [0.25, 0.3) is 0 Å². The maximum absolute atomic E-state index is 12.9. The van der Waals surface area contributed by atoms with Gasteiger partial charge >= 0.3 is 11.9 Å². The lowest BCUT2D eigenvalue weighted by atomic mass is 9.76. The van der Waals surface area contributed by atoms with Crippen molar-refractivity contribution in [3.8, 4) is 0 Å². The van der Waals surface area contributed by atoms with Gasteiger partial charge in [-0.05, 0) is 23.6 Å². The lowest BCUT2D eigenvalue weighted by Crippen LogP contribution is -2.51. The number of cyclic esters (lactones) is 1. The van der Waals surface area contributed by atoms with Crippen molar-refractivity contribution in [2.24, 2.45) is 0 Å². The third-order valence-corrected chi connectivity index (χ3v) is 5.82. The average molecular weight is 428 g/mol. The molecule has 162 valence electrons. The molecule has 1 atom stereocenters. The second-order valence-corrected chi connectivity index (χ2v) is 7.71. The van der Waals surface area contributed by atoms with Crippen LogP contribution in [-0.2, 0) is 24.6 Å². The van der Waals surface area contributed by atoms with Gasteiger partial charge in [-0.15, -0.1) is 0 Å². The van der Waals surface area contributed by atoms with Gasteiger partial charge in [0.15, 0.2) is 0 Å². The molecule has 0 amide bonds. The third-order valence-electron chi connectivity index (χ3n) is 5.82. The Morgan fingerprint density at radius 1 is 0.875 bits per heavy atom. The van der Waals surface area contributed by atoms with E-state index in [2.05, 4.69) is 5.32 Å². The number of carbonyl (C=O) groups is 2. The van der Waals surface area contributed by atoms with Crippen molar-refractivity contribution in [1.29, 1.82) is 0 Å². The first-order chi connectivity index (χ1) is 15.6. The van der Waals surface area contributed by atoms with E-state index in [-0.39, 0.29) is 6.42 Å². The Morgan fingerprint density at radius 2 is 1.31 bits per heavy atom. The molecule has 0 aliphatic carbocycles. The van der Waals surface area contributed by atoms with E-state index in [1.807, 2.05) is 91.0 Å². The molecule has 32 heavy (non-hydrogen) atoms. The fraction of sp³-hybridized carbons (Fsp3) is 0.185. The van der Waals surface area contributed by atoms with Crippen molar-refractivity contribution in [3.63, 3.8) is 0 Å². The number of ether oxygens (including phenoxy) is 2. The Kier molecular flexibility index (Phi) is 6.19. The Bertz CT molecular complexity index is 1030. The zero-order chi connectivity index (χ0) is 22.6. The van der Waals surface area contributed by atoms with Crippen LogP contribution in [0.2, 0.25) is 0 Å². The molecular weight excluding hydrogens is 402 g/mol. The van der Waals surface area contributed by atoms with Crippen molar-refractivity contribution >= 4 is 11.9 Å². The molecule has 1 saturated heterocycles. The summed E-state index contributed by atoms with van der Waals surface area (Å²) >= 11 is 0. The van der Waals surface area contributed by atoms with Gasteiger partial charge < -0.3 is 9.47 Å². The van der Waals surface area contributed by atoms with Gasteiger partial charge in [-0.3, -0.25) is 5.32 Å². The first kappa shape index (κ1) is 21.5. The van der Waals surface area contributed by atoms with Crippen LogP contribution in [0, 0.1) is 0 Å². The Hall–Kier alpha value is -3.70. The summed E-state index contributed by atoms with van der Waals surface area (Å²) in [4.78, 5) is 24.9. The molecular formula is C27H25NO4. The van der Waals surface area contributed by atoms with Crippen LogP contribution >= 0.6 is 0 Å². The minimum atomic E-state index is -0.803. The fourth-order valence-electron chi connectivity index (χ4n) is 4.19. The zero-order valence-corrected chi connectivity index (χ0v) is 18.1. The van der Waals surface area contributed by atoms with Crippen molar-refractivity contribution in [2.45, 2.75) is 24.9 Å². The molecule has 1 aliphatic rings. The minimum absolute atomic E-state index is 0.258. The normalized spacial score (nSPS) is 17.6. The maximum atomic E-state index is 12.9. The summed E-state index contributed by atoms with van der Waals surface area (Å²) in [5.74, 6) is -0.591. The number of benzene rings is 3. The van der Waals surface area contributed by atoms with E-state index in [1.54, 1.807) is 6.92 Å². The molecule has 0 saturated carbocycles. The summed E-state index contributed by atoms with van der Waals surface area (Å²) in [6, 6.07) is 29.4. The summed E-state index contributed by atoms with van der Waals surface area (Å²) < 4.78 is 10.3. The molecule has 5 heteroatoms. The van der Waals surface area contributed by atoms with E-state index in [4.69, 9.17) is 9.47 Å². The second kappa shape index (κ2) is 9.20. The summed E-state index contributed by atoms with van der Waals surface area (Å²) in [6.45, 7) is 1.61. The molecule has 1 N–H and O–H groups in total. The highest BCUT2D eigenvalue weighted by molar-refractivity contribution is 5.90. The van der Waals surface area contributed by atoms with Gasteiger partial charge in [-0.25, -0.2) is 9.59 Å². The molecule has 5 nitrogen and oxygen atoms in total. The molecule has 1 unspecified atom stereocenters. The number of methoxy groups -OCH3 is 1. The predicted molar refractivity (Wildman–Crippen MR) is 122 cm³/mol. The van der Waals surface area contributed by atoms with Gasteiger partial charge in [0.2, 0.25) is 0 Å². The molecule has 3 aromatic carbocycles. The maximum Gasteiger partial charge on any atom is 0.336 e. The molecule has 0 spiro atoms. The van der Waals surface area contributed by atoms with Gasteiger partial charge in [-0.2, -0.15) is 0 Å². The fourth-order valence-corrected chi connectivity index (χ4v) is 4.19. The zero-order valence-electron chi connectivity index (χ0n) is 18.1. The number of esters is 2. The summed E-state index contributed by atoms with van der Waals surface area (Å²) in [5.41, 5.74) is 2.48. The lowest BCUT2D eigenvalue weighted by Gasteiger charge is -2.38. The minimum Gasteiger partial charge on any atom is -0.466 e. The lowest BCUT2D eigenvalue weighted by molar-refractivity contribution is -0.138. The molecule has 1 heterocycles. The monoisotopic (exact) mass is 427 g/mol. The Balaban J connectivity index is 1.86. The largest absolute Gasteiger partial charge is 0.466 e. The SMILES string of the molecule is COC(=O)/C(C)=C1\CC(NC(c2ccccc2)(c2ccccc2)c2ccccc2)C(=O)O1. The summed E-state index contributed by atoms with van der Waals surface area (Å²) in [7, 11) is 1.31. The van der Waals surface area contributed by atoms with Crippen molar-refractivity contribution < 1.29 is 19.1 Å². The van der Waals surface area contributed by atoms with E-state index in [0.717, 1.165) is 16.7 Å². The number of rotatable bonds is 6. The topological polar surface area (TPSA) is 64.6 Å². The van der Waals surface area contributed by atoms with E-state index in [1.165, 1.54) is 7.11 Å². The van der Waals surface area contributed by atoms with E-state index >= 15 is 0 Å². The number of carbonyl (C=O) groups excluding carboxylic acids is 2. The molecule has 4 rings (SSSR count). The summed E-state index contributed by atoms with van der Waals surface area (Å²) in [6.07, 6.45) is 0.258. The third kappa shape index (κ3) is 3.95. The van der Waals surface area contributed by atoms with E-state index < -0.39 is 23.5 Å². The van der Waals surface area contributed by atoms with Crippen LogP contribution in [0.15, 0.2) is 102 Å². The van der Waals surface area contributed by atoms with Crippen LogP contribution in [-0.4, -0.2) is 25.1 Å². The molecule has 1 aliphatic heterocycles. The van der Waals surface area contributed by atoms with Gasteiger partial charge in [0, 0.05) is 6.42 Å². The average Bonchev–Trinajstić information content (AvgIpc) is 3.23. The van der Waals surface area contributed by atoms with Crippen molar-refractivity contribution in [1.82, 2.24) is 5.32 Å². The van der Waals surface area contributed by atoms with E-state index in [0.29, 0.717) is 11.3 Å². The molecule has 0 aromatic heterocycles. The molecule has 1 fully saturated rings. The highest BCUT2D eigenvalue weighted by atomic mass is 16.6. The van der Waals surface area contributed by atoms with Gasteiger partial charge in [-0.1, -0.05) is 91.0 Å². The number of hydrogen-bond donors (Lipinski definition) is 1. The quantitative estimate of drug-likeness (QED) is 0.360. The first-order valence-corrected chi connectivity index (χ1v) is 10.5. The van der Waals surface area contributed by atoms with Crippen LogP contribution < -0.4 is 5.32 Å². The van der Waals surface area contributed by atoms with Crippen LogP contribution in [0.25, 0.3) is 0 Å². The number of nitrogens with one attached hydrogen (secondary N) is 1. The molecule has 0 bridgehead atoms. The van der Waals surface area contributed by atoms with E-state index in [9.17, 15) is 9.59 Å². The van der Waals surface area contributed by atoms with Crippen LogP contribution in [0.4, 0.5) is 0 Å². The van der Waals surface area contributed by atoms with Crippen molar-refractivity contribution in [3.05, 3.63) is 119 Å². The Labute approximate surface area is 187 Å². The molecule has 0 radical (unpaired) electrons. The van der Waals surface area contributed by atoms with Crippen LogP contribution in [0.5, 0.6) is 0 Å². The van der Waals surface area contributed by atoms with Gasteiger partial charge in [0.05, 0.1) is 18.2 Å². The Morgan fingerprint density at radius 3 is 1.72 bits per heavy atom. The van der Waals surface area contributed by atoms with Gasteiger partial charge in [0.1, 0.15) is 11.8 Å². The predicted octanol–water partition coefficient (Wildman–Crippen LogP) is 4.33. The number of hydrogen-bond acceptors (Lipinski definition) is 5. The molecule has 3 aromatic rings. The highest BCUT2D eigenvalue weighted by Crippen LogP contribution is 2.38. The first-order valence-electron chi connectivity index (χ1n) is 10.5. The van der Waals surface area contributed by atoms with Crippen LogP contribution in [0.3, 0.4) is 0 Å². The summed E-state index contributed by atoms with van der Waals surface area (Å²) in [5, 5.41) is 3.61. The second-order valence-electron chi connectivity index (χ2n) is 7.71. The van der Waals surface area contributed by atoms with Crippen LogP contribution in [0.1, 0.15) is 30.0 Å².